The third kappa shape index (κ3) is 15.4. The van der Waals surface area contributed by atoms with Gasteiger partial charge in [0.05, 0.1) is 30.2 Å². The fraction of sp³-hybridized carbons (Fsp3) is 0.365. The number of thioether (sulfide) groups is 1. The highest BCUT2D eigenvalue weighted by Crippen LogP contribution is 2.41. The van der Waals surface area contributed by atoms with E-state index in [1.165, 1.54) is 18.7 Å². The molecule has 0 aliphatic heterocycles. The van der Waals surface area contributed by atoms with E-state index in [0.29, 0.717) is 37.2 Å². The largest absolute Gasteiger partial charge is 0.461 e. The van der Waals surface area contributed by atoms with Crippen LogP contribution in [0.15, 0.2) is 121 Å². The van der Waals surface area contributed by atoms with Crippen molar-refractivity contribution in [1.29, 1.82) is 0 Å². The molecule has 1 heterocycles. The number of nitrogens with two attached hydrogens (primary N) is 2. The fourth-order valence-corrected chi connectivity index (χ4v) is 8.58. The number of carbonyl (C=O) groups excluding carboxylic acids is 5. The summed E-state index contributed by atoms with van der Waals surface area (Å²) in [5, 5.41) is 2.64. The summed E-state index contributed by atoms with van der Waals surface area (Å²) >= 11 is 1.21. The van der Waals surface area contributed by atoms with Crippen LogP contribution in [-0.4, -0.2) is 75.7 Å². The van der Waals surface area contributed by atoms with E-state index >= 15 is 4.39 Å². The maximum atomic E-state index is 15.2. The van der Waals surface area contributed by atoms with Gasteiger partial charge in [-0.25, -0.2) is 13.6 Å². The van der Waals surface area contributed by atoms with Gasteiger partial charge >= 0.3 is 11.9 Å². The molecule has 4 atom stereocenters. The lowest BCUT2D eigenvalue weighted by molar-refractivity contribution is -0.155. The molecule has 0 bridgehead atoms. The van der Waals surface area contributed by atoms with Crippen molar-refractivity contribution in [2.75, 3.05) is 24.6 Å². The summed E-state index contributed by atoms with van der Waals surface area (Å²) < 4.78 is 42.7. The van der Waals surface area contributed by atoms with Crippen molar-refractivity contribution in [3.05, 3.63) is 155 Å². The molecule has 0 saturated carbocycles. The van der Waals surface area contributed by atoms with Crippen LogP contribution < -0.4 is 16.8 Å². The molecule has 67 heavy (non-hydrogen) atoms. The van der Waals surface area contributed by atoms with Crippen LogP contribution in [0, 0.1) is 23.0 Å². The fourth-order valence-electron chi connectivity index (χ4n) is 7.76. The maximum absolute atomic E-state index is 15.2. The van der Waals surface area contributed by atoms with Crippen LogP contribution >= 0.6 is 11.8 Å². The Kier molecular flexibility index (Phi) is 19.4. The Morgan fingerprint density at radius 1 is 0.821 bits per heavy atom. The van der Waals surface area contributed by atoms with Gasteiger partial charge in [0.2, 0.25) is 11.8 Å². The van der Waals surface area contributed by atoms with Crippen LogP contribution in [0.1, 0.15) is 75.4 Å². The monoisotopic (exact) mass is 937 g/mol. The molecule has 5 rings (SSSR count). The molecule has 4 aromatic carbocycles. The van der Waals surface area contributed by atoms with Crippen molar-refractivity contribution in [3.8, 4) is 11.1 Å². The number of nitrogens with one attached hydrogen (secondary N) is 1. The minimum Gasteiger partial charge on any atom is -0.461 e. The van der Waals surface area contributed by atoms with Gasteiger partial charge in [-0.05, 0) is 66.3 Å². The van der Waals surface area contributed by atoms with Crippen LogP contribution in [-0.2, 0) is 53.2 Å². The number of nitrogens with zero attached hydrogens (tertiary/aromatic N) is 2. The Labute approximate surface area is 395 Å². The molecule has 1 unspecified atom stereocenters. The number of amides is 2. The van der Waals surface area contributed by atoms with Gasteiger partial charge in [0.1, 0.15) is 30.9 Å². The Balaban J connectivity index is 1.34. The number of esters is 2. The van der Waals surface area contributed by atoms with Gasteiger partial charge in [0.15, 0.2) is 5.78 Å². The molecular formula is C52H61F2N5O7S. The summed E-state index contributed by atoms with van der Waals surface area (Å²) in [5.74, 6) is -5.66. The van der Waals surface area contributed by atoms with Crippen molar-refractivity contribution in [2.45, 2.75) is 84.8 Å². The van der Waals surface area contributed by atoms with Gasteiger partial charge in [0, 0.05) is 48.3 Å². The standard InChI is InChI=1S/C52H61F2N5O7S/c1-35(56)49(63)42(29-47(62)65-32-37-17-10-6-11-18-37)48(51(64)66-33-38-19-12-7-13-20-38)57-45(60)23-26-67-34-46(61)59(25-14-24-55)50(52(2,3)4)44-27-39(41-28-40(53)21-22-43(41)54)31-58(44)30-36-15-8-5-9-16-36/h5-13,15-22,27-28,31,35,42,48,50H,14,23-26,29-30,32-34,55-56H2,1-4H3,(H,57,60)/t35-,42?,48-,50-/m0/s1. The van der Waals surface area contributed by atoms with Gasteiger partial charge in [0.25, 0.3) is 0 Å². The van der Waals surface area contributed by atoms with Crippen LogP contribution in [0.4, 0.5) is 8.78 Å². The van der Waals surface area contributed by atoms with Crippen molar-refractivity contribution in [1.82, 2.24) is 14.8 Å². The highest BCUT2D eigenvalue weighted by Gasteiger charge is 2.40. The van der Waals surface area contributed by atoms with E-state index < -0.39 is 71.1 Å². The minimum absolute atomic E-state index is 0.0309. The van der Waals surface area contributed by atoms with Crippen LogP contribution in [0.2, 0.25) is 0 Å². The average molecular weight is 938 g/mol. The summed E-state index contributed by atoms with van der Waals surface area (Å²) in [6, 6.07) is 29.4. The first-order chi connectivity index (χ1) is 32.0. The minimum atomic E-state index is -1.58. The first-order valence-corrected chi connectivity index (χ1v) is 23.5. The number of carbonyl (C=O) groups is 5. The number of halogens is 2. The molecule has 356 valence electrons. The quantitative estimate of drug-likeness (QED) is 0.0410. The molecule has 5 N–H and O–H groups in total. The lowest BCUT2D eigenvalue weighted by Gasteiger charge is -2.41. The molecule has 12 nitrogen and oxygen atoms in total. The molecule has 2 amide bonds. The molecule has 0 aliphatic carbocycles. The van der Waals surface area contributed by atoms with Crippen LogP contribution in [0.5, 0.6) is 0 Å². The van der Waals surface area contributed by atoms with E-state index in [0.717, 1.165) is 35.0 Å². The number of Topliss-reactive ketones (excluding diaryl/α,β-unsaturated/α-hetero) is 1. The van der Waals surface area contributed by atoms with Gasteiger partial charge in [-0.15, -0.1) is 0 Å². The van der Waals surface area contributed by atoms with Crippen molar-refractivity contribution < 1.29 is 42.2 Å². The Bertz CT molecular complexity index is 2410. The zero-order valence-electron chi connectivity index (χ0n) is 38.5. The first-order valence-electron chi connectivity index (χ1n) is 22.3. The Morgan fingerprint density at radius 2 is 1.42 bits per heavy atom. The van der Waals surface area contributed by atoms with Crippen molar-refractivity contribution >= 4 is 41.3 Å². The van der Waals surface area contributed by atoms with E-state index in [1.54, 1.807) is 65.7 Å². The number of hydrogen-bond acceptors (Lipinski definition) is 10. The number of aromatic nitrogens is 1. The zero-order valence-corrected chi connectivity index (χ0v) is 39.3. The third-order valence-electron chi connectivity index (χ3n) is 11.0. The Hall–Kier alpha value is -6.16. The van der Waals surface area contributed by atoms with Crippen LogP contribution in [0.3, 0.4) is 0 Å². The number of ether oxygens (including phenoxy) is 2. The molecule has 1 aromatic heterocycles. The summed E-state index contributed by atoms with van der Waals surface area (Å²) in [6.45, 7) is 8.24. The highest BCUT2D eigenvalue weighted by molar-refractivity contribution is 7.99. The van der Waals surface area contributed by atoms with Gasteiger partial charge in [-0.2, -0.15) is 11.8 Å². The molecule has 0 saturated heterocycles. The molecule has 15 heteroatoms. The molecular weight excluding hydrogens is 877 g/mol. The lowest BCUT2D eigenvalue weighted by atomic mass is 9.83. The van der Waals surface area contributed by atoms with Gasteiger partial charge < -0.3 is 35.7 Å². The topological polar surface area (TPSA) is 176 Å². The summed E-state index contributed by atoms with van der Waals surface area (Å²) in [6.07, 6.45) is 1.55. The number of benzene rings is 4. The first kappa shape index (κ1) is 51.8. The molecule has 0 aliphatic rings. The van der Waals surface area contributed by atoms with Gasteiger partial charge in [-0.1, -0.05) is 112 Å². The van der Waals surface area contributed by atoms with E-state index in [-0.39, 0.29) is 42.6 Å². The average Bonchev–Trinajstić information content (AvgIpc) is 3.71. The summed E-state index contributed by atoms with van der Waals surface area (Å²) in [7, 11) is 0. The lowest BCUT2D eigenvalue weighted by Crippen LogP contribution is -2.52. The molecule has 0 radical (unpaired) electrons. The zero-order chi connectivity index (χ0) is 48.5. The van der Waals surface area contributed by atoms with Crippen molar-refractivity contribution in [2.24, 2.45) is 22.8 Å². The highest BCUT2D eigenvalue weighted by atomic mass is 32.2. The maximum Gasteiger partial charge on any atom is 0.329 e. The second-order valence-corrected chi connectivity index (χ2v) is 18.6. The predicted octanol–water partition coefficient (Wildman–Crippen LogP) is 7.76. The van der Waals surface area contributed by atoms with Crippen LogP contribution in [0.25, 0.3) is 11.1 Å². The van der Waals surface area contributed by atoms with E-state index in [2.05, 4.69) is 5.32 Å². The second kappa shape index (κ2) is 25.1. The molecule has 0 spiro atoms. The number of hydrogen-bond donors (Lipinski definition) is 3. The molecule has 0 fully saturated rings. The number of ketones is 1. The van der Waals surface area contributed by atoms with Gasteiger partial charge in [-0.3, -0.25) is 19.2 Å². The van der Waals surface area contributed by atoms with Crippen molar-refractivity contribution in [3.63, 3.8) is 0 Å². The smallest absolute Gasteiger partial charge is 0.329 e. The molecule has 5 aromatic rings. The SMILES string of the molecule is C[C@H](N)C(=O)C(CC(=O)OCc1ccccc1)[C@H](NC(=O)CCSCC(=O)N(CCCN)[C@@H](c1cc(-c2cc(F)ccc2F)cn1Cc1ccccc1)C(C)(C)C)C(=O)OCc1ccccc1. The summed E-state index contributed by atoms with van der Waals surface area (Å²) in [5.41, 5.74) is 15.1. The Morgan fingerprint density at radius 3 is 2.00 bits per heavy atom. The summed E-state index contributed by atoms with van der Waals surface area (Å²) in [4.78, 5) is 70.4. The van der Waals surface area contributed by atoms with E-state index in [4.69, 9.17) is 20.9 Å². The predicted molar refractivity (Wildman–Crippen MR) is 256 cm³/mol. The number of rotatable bonds is 24. The van der Waals surface area contributed by atoms with E-state index in [1.807, 2.05) is 67.8 Å². The van der Waals surface area contributed by atoms with E-state index in [9.17, 15) is 28.4 Å². The third-order valence-corrected chi connectivity index (χ3v) is 12.0. The normalized spacial score (nSPS) is 13.2. The second-order valence-electron chi connectivity index (χ2n) is 17.5.